The van der Waals surface area contributed by atoms with Crippen LogP contribution in [0.2, 0.25) is 0 Å². The van der Waals surface area contributed by atoms with Crippen molar-refractivity contribution in [3.63, 3.8) is 0 Å². The first-order valence-corrected chi connectivity index (χ1v) is 8.25. The monoisotopic (exact) mass is 275 g/mol. The van der Waals surface area contributed by atoms with Gasteiger partial charge in [-0.25, -0.2) is 0 Å². The van der Waals surface area contributed by atoms with Crippen molar-refractivity contribution in [2.45, 2.75) is 58.4 Å². The highest BCUT2D eigenvalue weighted by molar-refractivity contribution is 5.28. The van der Waals surface area contributed by atoms with Crippen LogP contribution in [0.15, 0.2) is 24.3 Å². The summed E-state index contributed by atoms with van der Waals surface area (Å²) in [4.78, 5) is 0. The van der Waals surface area contributed by atoms with Gasteiger partial charge < -0.3 is 10.1 Å². The SMILES string of the molecule is CCCOc1ccc(C(C)NCC2CCCCC2)cc1. The van der Waals surface area contributed by atoms with E-state index < -0.39 is 0 Å². The van der Waals surface area contributed by atoms with E-state index in [2.05, 4.69) is 43.4 Å². The molecule has 1 saturated carbocycles. The molecule has 2 rings (SSSR count). The van der Waals surface area contributed by atoms with E-state index in [1.54, 1.807) is 0 Å². The normalized spacial score (nSPS) is 17.9. The molecule has 1 aliphatic carbocycles. The van der Waals surface area contributed by atoms with Crippen LogP contribution in [0.4, 0.5) is 0 Å². The number of benzene rings is 1. The van der Waals surface area contributed by atoms with Crippen LogP contribution in [-0.2, 0) is 0 Å². The minimum atomic E-state index is 0.428. The van der Waals surface area contributed by atoms with Gasteiger partial charge in [-0.3, -0.25) is 0 Å². The number of ether oxygens (including phenoxy) is 1. The quantitative estimate of drug-likeness (QED) is 0.778. The Morgan fingerprint density at radius 2 is 1.85 bits per heavy atom. The van der Waals surface area contributed by atoms with Gasteiger partial charge in [0.05, 0.1) is 6.61 Å². The van der Waals surface area contributed by atoms with Crippen LogP contribution in [0.3, 0.4) is 0 Å². The molecule has 0 aliphatic heterocycles. The molecule has 112 valence electrons. The molecule has 2 nitrogen and oxygen atoms in total. The van der Waals surface area contributed by atoms with Crippen LogP contribution in [0.5, 0.6) is 5.75 Å². The third-order valence-electron chi connectivity index (χ3n) is 4.29. The Bertz CT molecular complexity index is 368. The van der Waals surface area contributed by atoms with Crippen molar-refractivity contribution >= 4 is 0 Å². The number of nitrogens with one attached hydrogen (secondary N) is 1. The predicted molar refractivity (Wildman–Crippen MR) is 85.2 cm³/mol. The number of hydrogen-bond donors (Lipinski definition) is 1. The molecule has 2 heteroatoms. The zero-order chi connectivity index (χ0) is 14.2. The van der Waals surface area contributed by atoms with Gasteiger partial charge in [0.15, 0.2) is 0 Å². The molecule has 0 radical (unpaired) electrons. The van der Waals surface area contributed by atoms with Gasteiger partial charge in [-0.05, 0) is 56.3 Å². The lowest BCUT2D eigenvalue weighted by Crippen LogP contribution is -2.27. The summed E-state index contributed by atoms with van der Waals surface area (Å²) in [5.74, 6) is 1.87. The molecule has 1 aliphatic rings. The maximum atomic E-state index is 5.62. The van der Waals surface area contributed by atoms with Crippen molar-refractivity contribution < 1.29 is 4.74 Å². The molecular weight excluding hydrogens is 246 g/mol. The Kier molecular flexibility index (Phi) is 6.38. The molecule has 0 saturated heterocycles. The molecule has 1 N–H and O–H groups in total. The summed E-state index contributed by atoms with van der Waals surface area (Å²) < 4.78 is 5.62. The van der Waals surface area contributed by atoms with Crippen molar-refractivity contribution in [3.8, 4) is 5.75 Å². The molecule has 0 spiro atoms. The van der Waals surface area contributed by atoms with E-state index in [4.69, 9.17) is 4.74 Å². The highest BCUT2D eigenvalue weighted by Gasteiger charge is 2.14. The highest BCUT2D eigenvalue weighted by Crippen LogP contribution is 2.24. The van der Waals surface area contributed by atoms with Crippen LogP contribution >= 0.6 is 0 Å². The van der Waals surface area contributed by atoms with E-state index in [1.165, 1.54) is 37.7 Å². The fourth-order valence-corrected chi connectivity index (χ4v) is 2.93. The van der Waals surface area contributed by atoms with Gasteiger partial charge in [0.25, 0.3) is 0 Å². The molecule has 0 bridgehead atoms. The smallest absolute Gasteiger partial charge is 0.119 e. The average Bonchev–Trinajstić information content (AvgIpc) is 2.52. The van der Waals surface area contributed by atoms with Crippen LogP contribution in [0, 0.1) is 5.92 Å². The van der Waals surface area contributed by atoms with Gasteiger partial charge in [0, 0.05) is 6.04 Å². The molecular formula is C18H29NO. The Morgan fingerprint density at radius 3 is 2.50 bits per heavy atom. The van der Waals surface area contributed by atoms with Gasteiger partial charge in [-0.15, -0.1) is 0 Å². The lowest BCUT2D eigenvalue weighted by Gasteiger charge is -2.24. The molecule has 20 heavy (non-hydrogen) atoms. The fourth-order valence-electron chi connectivity index (χ4n) is 2.93. The minimum Gasteiger partial charge on any atom is -0.494 e. The van der Waals surface area contributed by atoms with Crippen LogP contribution < -0.4 is 10.1 Å². The standard InChI is InChI=1S/C18H29NO/c1-3-13-20-18-11-9-17(10-12-18)15(2)19-14-16-7-5-4-6-8-16/h9-12,15-16,19H,3-8,13-14H2,1-2H3. The molecule has 0 amide bonds. The number of rotatable bonds is 7. The zero-order valence-electron chi connectivity index (χ0n) is 13.0. The van der Waals surface area contributed by atoms with Crippen LogP contribution in [0.1, 0.15) is 64.0 Å². The largest absolute Gasteiger partial charge is 0.494 e. The van der Waals surface area contributed by atoms with Crippen molar-refractivity contribution in [1.82, 2.24) is 5.32 Å². The van der Waals surface area contributed by atoms with Gasteiger partial charge in [0.2, 0.25) is 0 Å². The second-order valence-corrected chi connectivity index (χ2v) is 6.05. The Balaban J connectivity index is 1.77. The summed E-state index contributed by atoms with van der Waals surface area (Å²) in [6.45, 7) is 6.35. The molecule has 1 atom stereocenters. The summed E-state index contributed by atoms with van der Waals surface area (Å²) in [7, 11) is 0. The average molecular weight is 275 g/mol. The maximum absolute atomic E-state index is 5.62. The molecule has 1 fully saturated rings. The summed E-state index contributed by atoms with van der Waals surface area (Å²) in [6, 6.07) is 8.97. The minimum absolute atomic E-state index is 0.428. The second kappa shape index (κ2) is 8.31. The summed E-state index contributed by atoms with van der Waals surface area (Å²) >= 11 is 0. The van der Waals surface area contributed by atoms with Crippen LogP contribution in [-0.4, -0.2) is 13.2 Å². The summed E-state index contributed by atoms with van der Waals surface area (Å²) in [5.41, 5.74) is 1.35. The first-order chi connectivity index (χ1) is 9.79. The molecule has 0 aromatic heterocycles. The highest BCUT2D eigenvalue weighted by atomic mass is 16.5. The van der Waals surface area contributed by atoms with Crippen molar-refractivity contribution in [2.24, 2.45) is 5.92 Å². The maximum Gasteiger partial charge on any atom is 0.119 e. The third-order valence-corrected chi connectivity index (χ3v) is 4.29. The molecule has 0 heterocycles. The van der Waals surface area contributed by atoms with Crippen LogP contribution in [0.25, 0.3) is 0 Å². The van der Waals surface area contributed by atoms with Crippen molar-refractivity contribution in [1.29, 1.82) is 0 Å². The summed E-state index contributed by atoms with van der Waals surface area (Å²) in [6.07, 6.45) is 8.15. The Morgan fingerprint density at radius 1 is 1.15 bits per heavy atom. The second-order valence-electron chi connectivity index (χ2n) is 6.05. The topological polar surface area (TPSA) is 21.3 Å². The Hall–Kier alpha value is -1.02. The van der Waals surface area contributed by atoms with Crippen molar-refractivity contribution in [3.05, 3.63) is 29.8 Å². The predicted octanol–water partition coefficient (Wildman–Crippen LogP) is 4.71. The van der Waals surface area contributed by atoms with Crippen molar-refractivity contribution in [2.75, 3.05) is 13.2 Å². The lowest BCUT2D eigenvalue weighted by atomic mass is 9.89. The van der Waals surface area contributed by atoms with Gasteiger partial charge in [-0.2, -0.15) is 0 Å². The lowest BCUT2D eigenvalue weighted by molar-refractivity contribution is 0.317. The Labute approximate surface area is 123 Å². The molecule has 1 aromatic rings. The zero-order valence-corrected chi connectivity index (χ0v) is 13.0. The third kappa shape index (κ3) is 4.82. The van der Waals surface area contributed by atoms with E-state index in [-0.39, 0.29) is 0 Å². The summed E-state index contributed by atoms with van der Waals surface area (Å²) in [5, 5.41) is 3.69. The van der Waals surface area contributed by atoms with E-state index in [0.29, 0.717) is 6.04 Å². The first kappa shape index (κ1) is 15.4. The van der Waals surface area contributed by atoms with Gasteiger partial charge in [0.1, 0.15) is 5.75 Å². The molecule has 1 unspecified atom stereocenters. The van der Waals surface area contributed by atoms with E-state index in [9.17, 15) is 0 Å². The molecule has 1 aromatic carbocycles. The first-order valence-electron chi connectivity index (χ1n) is 8.25. The van der Waals surface area contributed by atoms with Gasteiger partial charge in [-0.1, -0.05) is 38.3 Å². The number of hydrogen-bond acceptors (Lipinski definition) is 2. The van der Waals surface area contributed by atoms with E-state index in [1.807, 2.05) is 0 Å². The van der Waals surface area contributed by atoms with E-state index >= 15 is 0 Å². The van der Waals surface area contributed by atoms with E-state index in [0.717, 1.165) is 31.2 Å². The fraction of sp³-hybridized carbons (Fsp3) is 0.667. The van der Waals surface area contributed by atoms with Gasteiger partial charge >= 0.3 is 0 Å².